The lowest BCUT2D eigenvalue weighted by Gasteiger charge is -2.31. The number of nitrogens with one attached hydrogen (secondary N) is 3. The van der Waals surface area contributed by atoms with E-state index in [1.807, 2.05) is 0 Å². The van der Waals surface area contributed by atoms with Crippen molar-refractivity contribution in [3.63, 3.8) is 0 Å². The quantitative estimate of drug-likeness (QED) is 0.0906. The molecular formula is C17H26N8O5. The van der Waals surface area contributed by atoms with Gasteiger partial charge in [0.1, 0.15) is 11.7 Å². The standard InChI is InChI=1S/C17H26N8O5/c18-9(3-5-22-8-11(19)20)7-13(26)23-10-1-2-14(30-15(10)16(27)28)25-6-4-12(21)24-17(25)29/h1-2,4,6,9-10,14-15,22H,3,5,7-8,18H2,(H3,19,20)(H,23,26)(H,27,28)(H2,21,24,29). The molecule has 164 valence electrons. The summed E-state index contributed by atoms with van der Waals surface area (Å²) in [5.74, 6) is -1.71. The molecule has 0 fully saturated rings. The summed E-state index contributed by atoms with van der Waals surface area (Å²) in [5, 5.41) is 22.1. The van der Waals surface area contributed by atoms with E-state index in [0.29, 0.717) is 13.0 Å². The second-order valence-electron chi connectivity index (χ2n) is 6.76. The molecule has 13 heteroatoms. The Hall–Kier alpha value is -3.29. The molecule has 1 aromatic rings. The topological polar surface area (TPSA) is 224 Å². The van der Waals surface area contributed by atoms with Crippen LogP contribution in [0.3, 0.4) is 0 Å². The van der Waals surface area contributed by atoms with E-state index in [4.69, 9.17) is 27.3 Å². The summed E-state index contributed by atoms with van der Waals surface area (Å²) in [6, 6.07) is -0.0188. The minimum Gasteiger partial charge on any atom is -0.479 e. The van der Waals surface area contributed by atoms with E-state index in [1.54, 1.807) is 0 Å². The number of aromatic nitrogens is 2. The molecule has 4 atom stereocenters. The third-order valence-corrected chi connectivity index (χ3v) is 4.25. The predicted octanol–water partition coefficient (Wildman–Crippen LogP) is -2.52. The number of aliphatic carboxylic acids is 1. The molecule has 13 nitrogen and oxygen atoms in total. The van der Waals surface area contributed by atoms with Crippen LogP contribution in [0.15, 0.2) is 29.2 Å². The van der Waals surface area contributed by atoms with E-state index in [1.165, 1.54) is 24.4 Å². The third-order valence-electron chi connectivity index (χ3n) is 4.25. The fraction of sp³-hybridized carbons (Fsp3) is 0.471. The maximum absolute atomic E-state index is 12.2. The molecule has 2 heterocycles. The first-order valence-corrected chi connectivity index (χ1v) is 9.17. The van der Waals surface area contributed by atoms with Gasteiger partial charge in [0.15, 0.2) is 12.3 Å². The molecule has 0 bridgehead atoms. The van der Waals surface area contributed by atoms with Gasteiger partial charge in [0, 0.05) is 18.7 Å². The minimum atomic E-state index is -1.41. The van der Waals surface area contributed by atoms with Crippen molar-refractivity contribution in [3.8, 4) is 0 Å². The van der Waals surface area contributed by atoms with E-state index in [-0.39, 0.29) is 24.6 Å². The Balaban J connectivity index is 1.96. The summed E-state index contributed by atoms with van der Waals surface area (Å²) >= 11 is 0. The Kier molecular flexibility index (Phi) is 8.03. The smallest absolute Gasteiger partial charge is 0.351 e. The monoisotopic (exact) mass is 422 g/mol. The summed E-state index contributed by atoms with van der Waals surface area (Å²) < 4.78 is 6.57. The van der Waals surface area contributed by atoms with Crippen LogP contribution in [0.1, 0.15) is 19.1 Å². The van der Waals surface area contributed by atoms with Gasteiger partial charge in [-0.05, 0) is 25.1 Å². The van der Waals surface area contributed by atoms with Crippen molar-refractivity contribution in [2.75, 3.05) is 18.8 Å². The lowest BCUT2D eigenvalue weighted by molar-refractivity contribution is -0.159. The van der Waals surface area contributed by atoms with Crippen molar-refractivity contribution in [3.05, 3.63) is 34.9 Å². The van der Waals surface area contributed by atoms with Crippen LogP contribution in [0, 0.1) is 5.41 Å². The number of amides is 1. The summed E-state index contributed by atoms with van der Waals surface area (Å²) in [4.78, 5) is 39.4. The number of nitrogens with two attached hydrogens (primary N) is 3. The molecule has 1 aliphatic heterocycles. The van der Waals surface area contributed by atoms with Crippen LogP contribution in [0.4, 0.5) is 5.82 Å². The molecule has 1 amide bonds. The lowest BCUT2D eigenvalue weighted by Crippen LogP contribution is -2.51. The van der Waals surface area contributed by atoms with Crippen molar-refractivity contribution in [2.24, 2.45) is 11.5 Å². The highest BCUT2D eigenvalue weighted by Gasteiger charge is 2.35. The van der Waals surface area contributed by atoms with Gasteiger partial charge < -0.3 is 37.7 Å². The Bertz CT molecular complexity index is 870. The van der Waals surface area contributed by atoms with Gasteiger partial charge in [-0.3, -0.25) is 14.8 Å². The molecule has 0 radical (unpaired) electrons. The number of rotatable bonds is 10. The minimum absolute atomic E-state index is 0.000400. The molecule has 1 aromatic heterocycles. The number of hydrogen-bond donors (Lipinski definition) is 7. The van der Waals surface area contributed by atoms with E-state index in [0.717, 1.165) is 4.57 Å². The molecule has 0 saturated heterocycles. The Morgan fingerprint density at radius 1 is 1.40 bits per heavy atom. The number of anilines is 1. The number of carbonyl (C=O) groups excluding carboxylic acids is 1. The van der Waals surface area contributed by atoms with Crippen LogP contribution in [0.2, 0.25) is 0 Å². The van der Waals surface area contributed by atoms with E-state index in [2.05, 4.69) is 15.6 Å². The number of nitrogens with zero attached hydrogens (tertiary/aromatic N) is 2. The zero-order valence-electron chi connectivity index (χ0n) is 16.2. The number of amidine groups is 1. The van der Waals surface area contributed by atoms with Crippen LogP contribution in [0.5, 0.6) is 0 Å². The summed E-state index contributed by atoms with van der Waals surface area (Å²) in [6.07, 6.45) is 2.27. The number of carboxylic acids is 1. The van der Waals surface area contributed by atoms with E-state index >= 15 is 0 Å². The average molecular weight is 422 g/mol. The van der Waals surface area contributed by atoms with Crippen LogP contribution < -0.4 is 33.5 Å². The van der Waals surface area contributed by atoms with Gasteiger partial charge >= 0.3 is 11.7 Å². The number of carboxylic acid groups (broad SMARTS) is 1. The molecule has 10 N–H and O–H groups in total. The maximum atomic E-state index is 12.2. The first-order chi connectivity index (χ1) is 14.2. The molecule has 0 aromatic carbocycles. The highest BCUT2D eigenvalue weighted by Crippen LogP contribution is 2.20. The summed E-state index contributed by atoms with van der Waals surface area (Å²) in [6.45, 7) is 0.710. The van der Waals surface area contributed by atoms with Gasteiger partial charge in [0.2, 0.25) is 5.91 Å². The second-order valence-corrected chi connectivity index (χ2v) is 6.76. The number of carbonyl (C=O) groups is 2. The Labute approximate surface area is 171 Å². The first-order valence-electron chi connectivity index (χ1n) is 9.17. The molecule has 0 spiro atoms. The fourth-order valence-electron chi connectivity index (χ4n) is 2.80. The molecule has 2 rings (SSSR count). The van der Waals surface area contributed by atoms with Gasteiger partial charge in [-0.1, -0.05) is 6.08 Å². The molecule has 1 aliphatic rings. The van der Waals surface area contributed by atoms with Crippen LogP contribution in [-0.2, 0) is 14.3 Å². The van der Waals surface area contributed by atoms with E-state index < -0.39 is 42.0 Å². The first kappa shape index (κ1) is 23.0. The zero-order valence-corrected chi connectivity index (χ0v) is 16.2. The molecule has 30 heavy (non-hydrogen) atoms. The number of ether oxygens (including phenoxy) is 1. The predicted molar refractivity (Wildman–Crippen MR) is 108 cm³/mol. The Morgan fingerprint density at radius 2 is 2.13 bits per heavy atom. The summed E-state index contributed by atoms with van der Waals surface area (Å²) in [5.41, 5.74) is 15.9. The third kappa shape index (κ3) is 6.65. The van der Waals surface area contributed by atoms with Crippen LogP contribution in [-0.4, -0.2) is 63.6 Å². The second kappa shape index (κ2) is 10.5. The van der Waals surface area contributed by atoms with Gasteiger partial charge in [0.05, 0.1) is 12.6 Å². The van der Waals surface area contributed by atoms with Gasteiger partial charge in [-0.15, -0.1) is 0 Å². The number of hydrogen-bond acceptors (Lipinski definition) is 9. The van der Waals surface area contributed by atoms with Crippen molar-refractivity contribution in [2.45, 2.75) is 37.3 Å². The summed E-state index contributed by atoms with van der Waals surface area (Å²) in [7, 11) is 0. The normalized spacial score (nSPS) is 21.7. The van der Waals surface area contributed by atoms with Gasteiger partial charge in [-0.2, -0.15) is 4.98 Å². The van der Waals surface area contributed by atoms with Crippen molar-refractivity contribution in [1.82, 2.24) is 20.2 Å². The van der Waals surface area contributed by atoms with Crippen molar-refractivity contribution in [1.29, 1.82) is 5.41 Å². The average Bonchev–Trinajstić information content (AvgIpc) is 2.65. The van der Waals surface area contributed by atoms with E-state index in [9.17, 15) is 19.5 Å². The van der Waals surface area contributed by atoms with Crippen molar-refractivity contribution < 1.29 is 19.4 Å². The molecule has 0 saturated carbocycles. The van der Waals surface area contributed by atoms with Gasteiger partial charge in [0.25, 0.3) is 0 Å². The lowest BCUT2D eigenvalue weighted by atomic mass is 10.1. The highest BCUT2D eigenvalue weighted by atomic mass is 16.5. The van der Waals surface area contributed by atoms with Crippen molar-refractivity contribution >= 4 is 23.5 Å². The highest BCUT2D eigenvalue weighted by molar-refractivity contribution is 5.80. The maximum Gasteiger partial charge on any atom is 0.351 e. The molecule has 4 unspecified atom stereocenters. The number of nitrogen functional groups attached to an aromatic ring is 1. The zero-order chi connectivity index (χ0) is 22.3. The Morgan fingerprint density at radius 3 is 2.77 bits per heavy atom. The van der Waals surface area contributed by atoms with Gasteiger partial charge in [-0.25, -0.2) is 9.59 Å². The fourth-order valence-corrected chi connectivity index (χ4v) is 2.80. The largest absolute Gasteiger partial charge is 0.479 e. The van der Waals surface area contributed by atoms with Crippen LogP contribution >= 0.6 is 0 Å². The SMILES string of the molecule is N=C(N)CNCCC(N)CC(=O)NC1C=CC(n2ccc(N)nc2=O)OC1C(=O)O. The molecule has 0 aliphatic carbocycles. The van der Waals surface area contributed by atoms with Crippen LogP contribution in [0.25, 0.3) is 0 Å². The molecular weight excluding hydrogens is 396 g/mol.